The Morgan fingerprint density at radius 2 is 1.13 bits per heavy atom. The normalized spacial score (nSPS) is 16.9. The van der Waals surface area contributed by atoms with Crippen molar-refractivity contribution in [2.24, 2.45) is 0 Å². The molecule has 16 nitrogen and oxygen atoms in total. The third-order valence-corrected chi connectivity index (χ3v) is 6.77. The van der Waals surface area contributed by atoms with E-state index in [0.717, 1.165) is 77.2 Å². The van der Waals surface area contributed by atoms with Gasteiger partial charge >= 0.3 is 11.4 Å². The molecule has 0 saturated carbocycles. The van der Waals surface area contributed by atoms with Crippen LogP contribution in [0.3, 0.4) is 0 Å². The van der Waals surface area contributed by atoms with E-state index in [0.29, 0.717) is 24.8 Å². The summed E-state index contributed by atoms with van der Waals surface area (Å²) in [6.45, 7) is 4.26. The second kappa shape index (κ2) is 20.5. The molecular formula is C30H39FN6O10. The molecule has 0 spiro atoms. The molecule has 3 saturated heterocycles. The van der Waals surface area contributed by atoms with Gasteiger partial charge in [-0.2, -0.15) is 4.39 Å². The van der Waals surface area contributed by atoms with Crippen LogP contribution in [0, 0.1) is 26.2 Å². The molecule has 17 heteroatoms. The number of aliphatic hydroxyl groups is 1. The molecular weight excluding hydrogens is 623 g/mol. The summed E-state index contributed by atoms with van der Waals surface area (Å²) in [6, 6.07) is 8.87. The van der Waals surface area contributed by atoms with Crippen molar-refractivity contribution >= 4 is 17.1 Å². The molecule has 3 fully saturated rings. The molecule has 0 radical (unpaired) electrons. The van der Waals surface area contributed by atoms with Crippen LogP contribution in [-0.2, 0) is 14.2 Å². The Balaban J connectivity index is 0.000000177. The van der Waals surface area contributed by atoms with E-state index < -0.39 is 21.5 Å². The number of aliphatic hydroxyl groups excluding tert-OH is 1. The number of anilines is 1. The number of hydrogen-bond donors (Lipinski definition) is 2. The Morgan fingerprint density at radius 1 is 0.702 bits per heavy atom. The minimum absolute atomic E-state index is 0.0395. The van der Waals surface area contributed by atoms with Gasteiger partial charge in [0, 0.05) is 69.6 Å². The van der Waals surface area contributed by atoms with Crippen molar-refractivity contribution in [3.05, 3.63) is 81.2 Å². The van der Waals surface area contributed by atoms with E-state index in [1.807, 2.05) is 0 Å². The van der Waals surface area contributed by atoms with E-state index >= 15 is 0 Å². The van der Waals surface area contributed by atoms with E-state index in [-0.39, 0.29) is 29.9 Å². The Bertz CT molecular complexity index is 1370. The average Bonchev–Trinajstić information content (AvgIpc) is 3.08. The van der Waals surface area contributed by atoms with Crippen molar-refractivity contribution in [2.75, 3.05) is 45.4 Å². The van der Waals surface area contributed by atoms with Crippen molar-refractivity contribution in [3.63, 3.8) is 0 Å². The first-order valence-electron chi connectivity index (χ1n) is 15.0. The van der Waals surface area contributed by atoms with Gasteiger partial charge in [-0.25, -0.2) is 15.0 Å². The van der Waals surface area contributed by atoms with Gasteiger partial charge in [-0.15, -0.1) is 0 Å². The maximum atomic E-state index is 12.3. The zero-order valence-electron chi connectivity index (χ0n) is 25.7. The summed E-state index contributed by atoms with van der Waals surface area (Å²) in [4.78, 5) is 30.4. The van der Waals surface area contributed by atoms with Crippen LogP contribution in [-0.4, -0.2) is 87.9 Å². The number of nitrogens with two attached hydrogens (primary N) is 1. The number of ether oxygens (including phenoxy) is 5. The third-order valence-electron chi connectivity index (χ3n) is 6.77. The number of halogens is 1. The monoisotopic (exact) mass is 662 g/mol. The van der Waals surface area contributed by atoms with Gasteiger partial charge in [0.15, 0.2) is 0 Å². The van der Waals surface area contributed by atoms with Gasteiger partial charge in [0.25, 0.3) is 11.8 Å². The van der Waals surface area contributed by atoms with Crippen LogP contribution >= 0.6 is 0 Å². The summed E-state index contributed by atoms with van der Waals surface area (Å²) < 4.78 is 38.9. The van der Waals surface area contributed by atoms with Gasteiger partial charge in [-0.3, -0.25) is 20.2 Å². The standard InChI is InChI=1S/C10H12N2O4.C10H14N2O2.C5H3FN2O2.C5H10O2/c13-12(14)9-2-1-5-11-10(9)16-8-3-6-15-7-4-8;11-9-2-1-5-12-10(9)14-8-3-6-13-7-4-8;6-5-4(8(9)10)2-1-3-7-5;6-5-1-3-7-4-2-5/h1-2,5,8H,3-4,6-7H2;1-2,5,8H,3-4,6-7,11H2;1-3H;5-6H,1-4H2. The number of pyridine rings is 3. The lowest BCUT2D eigenvalue weighted by Gasteiger charge is -2.23. The third kappa shape index (κ3) is 13.7. The van der Waals surface area contributed by atoms with Gasteiger partial charge in [0.05, 0.1) is 48.1 Å². The minimum Gasteiger partial charge on any atom is -0.473 e. The van der Waals surface area contributed by atoms with Crippen LogP contribution in [0.25, 0.3) is 0 Å². The van der Waals surface area contributed by atoms with E-state index in [1.54, 1.807) is 18.3 Å². The highest BCUT2D eigenvalue weighted by Crippen LogP contribution is 2.26. The SMILES string of the molecule is Nc1cccnc1OC1CCOCC1.O=[N+]([O-])c1cccnc1F.O=[N+]([O-])c1cccnc1OC1CCOCC1.OC1CCOCC1. The van der Waals surface area contributed by atoms with E-state index in [1.165, 1.54) is 24.4 Å². The fourth-order valence-electron chi connectivity index (χ4n) is 4.22. The van der Waals surface area contributed by atoms with Crippen LogP contribution in [0.2, 0.25) is 0 Å². The molecule has 0 bridgehead atoms. The second-order valence-electron chi connectivity index (χ2n) is 10.3. The van der Waals surface area contributed by atoms with Gasteiger partial charge < -0.3 is 34.5 Å². The minimum atomic E-state index is -1.05. The molecule has 0 aromatic carbocycles. The summed E-state index contributed by atoms with van der Waals surface area (Å²) in [6.07, 6.45) is 9.35. The number of nitro groups is 2. The molecule has 3 aliphatic heterocycles. The summed E-state index contributed by atoms with van der Waals surface area (Å²) >= 11 is 0. The Labute approximate surface area is 270 Å². The Hall–Kier alpha value is -4.58. The van der Waals surface area contributed by atoms with Crippen LogP contribution in [0.4, 0.5) is 21.5 Å². The summed E-state index contributed by atoms with van der Waals surface area (Å²) in [5, 5.41) is 29.5. The quantitative estimate of drug-likeness (QED) is 0.216. The molecule has 47 heavy (non-hydrogen) atoms. The molecule has 0 aliphatic carbocycles. The molecule has 256 valence electrons. The van der Waals surface area contributed by atoms with Crippen LogP contribution in [0.5, 0.6) is 11.8 Å². The first-order chi connectivity index (χ1) is 22.7. The smallest absolute Gasteiger partial charge is 0.330 e. The predicted octanol–water partition coefficient (Wildman–Crippen LogP) is 4.06. The van der Waals surface area contributed by atoms with Crippen molar-refractivity contribution < 1.29 is 43.0 Å². The van der Waals surface area contributed by atoms with Crippen molar-refractivity contribution in [3.8, 4) is 11.8 Å². The lowest BCUT2D eigenvalue weighted by atomic mass is 10.1. The molecule has 0 atom stereocenters. The molecule has 3 N–H and O–H groups in total. The molecule has 0 unspecified atom stereocenters. The van der Waals surface area contributed by atoms with E-state index in [4.69, 9.17) is 34.5 Å². The van der Waals surface area contributed by atoms with Crippen molar-refractivity contribution in [2.45, 2.75) is 56.8 Å². The topological polar surface area (TPSA) is 217 Å². The van der Waals surface area contributed by atoms with Gasteiger partial charge in [0.2, 0.25) is 5.88 Å². The van der Waals surface area contributed by atoms with E-state index in [9.17, 15) is 24.6 Å². The highest BCUT2D eigenvalue weighted by atomic mass is 19.1. The van der Waals surface area contributed by atoms with Crippen LogP contribution in [0.15, 0.2) is 55.0 Å². The highest BCUT2D eigenvalue weighted by molar-refractivity contribution is 5.47. The van der Waals surface area contributed by atoms with E-state index in [2.05, 4.69) is 15.0 Å². The fourth-order valence-corrected chi connectivity index (χ4v) is 4.22. The zero-order chi connectivity index (χ0) is 33.9. The summed E-state index contributed by atoms with van der Waals surface area (Å²) in [5.41, 5.74) is 5.63. The summed E-state index contributed by atoms with van der Waals surface area (Å²) in [5.74, 6) is -0.411. The molecule has 6 rings (SSSR count). The number of aromatic nitrogens is 3. The van der Waals surface area contributed by atoms with Crippen LogP contribution in [0.1, 0.15) is 38.5 Å². The lowest BCUT2D eigenvalue weighted by Crippen LogP contribution is -2.26. The van der Waals surface area contributed by atoms with Gasteiger partial charge in [-0.05, 0) is 37.1 Å². The average molecular weight is 663 g/mol. The largest absolute Gasteiger partial charge is 0.473 e. The van der Waals surface area contributed by atoms with Crippen molar-refractivity contribution in [1.29, 1.82) is 0 Å². The Morgan fingerprint density at radius 3 is 1.55 bits per heavy atom. The molecule has 3 aliphatic rings. The second-order valence-corrected chi connectivity index (χ2v) is 10.3. The van der Waals surface area contributed by atoms with Gasteiger partial charge in [0.1, 0.15) is 12.2 Å². The zero-order valence-corrected chi connectivity index (χ0v) is 25.7. The van der Waals surface area contributed by atoms with Crippen LogP contribution < -0.4 is 15.2 Å². The number of nitrogens with zero attached hydrogens (tertiary/aromatic N) is 5. The maximum absolute atomic E-state index is 12.3. The first kappa shape index (κ1) is 36.9. The summed E-state index contributed by atoms with van der Waals surface area (Å²) in [7, 11) is 0. The fraction of sp³-hybridized carbons (Fsp3) is 0.500. The number of nitrogen functional groups attached to an aromatic ring is 1. The Kier molecular flexibility index (Phi) is 16.1. The maximum Gasteiger partial charge on any atom is 0.330 e. The molecule has 3 aromatic heterocycles. The first-order valence-corrected chi connectivity index (χ1v) is 15.0. The molecule has 3 aromatic rings. The molecule has 6 heterocycles. The number of rotatable bonds is 6. The predicted molar refractivity (Wildman–Crippen MR) is 165 cm³/mol. The van der Waals surface area contributed by atoms with Gasteiger partial charge in [-0.1, -0.05) is 0 Å². The number of hydrogen-bond acceptors (Lipinski definition) is 14. The molecule has 0 amide bonds. The highest BCUT2D eigenvalue weighted by Gasteiger charge is 2.22. The lowest BCUT2D eigenvalue weighted by molar-refractivity contribution is -0.388. The van der Waals surface area contributed by atoms with Crippen molar-refractivity contribution in [1.82, 2.24) is 15.0 Å².